The highest BCUT2D eigenvalue weighted by molar-refractivity contribution is 7.87. The number of thiazole rings is 1. The molecule has 94 valence electrons. The number of hydrogen-bond acceptors (Lipinski definition) is 5. The van der Waals surface area contributed by atoms with Crippen molar-refractivity contribution in [1.82, 2.24) is 4.98 Å². The van der Waals surface area contributed by atoms with Crippen LogP contribution in [0.25, 0.3) is 0 Å². The highest BCUT2D eigenvalue weighted by atomic mass is 32.2. The van der Waals surface area contributed by atoms with Crippen LogP contribution in [0.1, 0.15) is 6.92 Å². The van der Waals surface area contributed by atoms with Crippen molar-refractivity contribution in [2.24, 2.45) is 0 Å². The Morgan fingerprint density at radius 2 is 2.06 bits per heavy atom. The third-order valence-corrected chi connectivity index (χ3v) is 4.63. The topological polar surface area (TPSA) is 85.1 Å². The maximum absolute atomic E-state index is 12.2. The van der Waals surface area contributed by atoms with Crippen molar-refractivity contribution in [1.29, 1.82) is 0 Å². The van der Waals surface area contributed by atoms with Gasteiger partial charge < -0.3 is 11.1 Å². The summed E-state index contributed by atoms with van der Waals surface area (Å²) in [5, 5.41) is 3.00. The summed E-state index contributed by atoms with van der Waals surface area (Å²) < 4.78 is 12.8. The van der Waals surface area contributed by atoms with Crippen LogP contribution in [0.5, 0.6) is 0 Å². The number of nitrogens with two attached hydrogens (primary N) is 1. The van der Waals surface area contributed by atoms with Crippen molar-refractivity contribution >= 4 is 38.9 Å². The second kappa shape index (κ2) is 5.28. The highest BCUT2D eigenvalue weighted by Gasteiger charge is 2.11. The minimum absolute atomic E-state index is 0.200. The van der Waals surface area contributed by atoms with E-state index in [1.807, 2.05) is 0 Å². The summed E-state index contributed by atoms with van der Waals surface area (Å²) in [6.07, 6.45) is 1.50. The zero-order valence-electron chi connectivity index (χ0n) is 9.54. The predicted molar refractivity (Wildman–Crippen MR) is 71.9 cm³/mol. The zero-order chi connectivity index (χ0) is 13.1. The lowest BCUT2D eigenvalue weighted by Gasteiger charge is -1.99. The van der Waals surface area contributed by atoms with E-state index >= 15 is 0 Å². The number of nitrogen functional groups attached to an aromatic ring is 1. The summed E-state index contributed by atoms with van der Waals surface area (Å²) in [7, 11) is -1.30. The number of hydrogen-bond donors (Lipinski definition) is 2. The number of benzene rings is 1. The van der Waals surface area contributed by atoms with Crippen molar-refractivity contribution < 1.29 is 9.00 Å². The van der Waals surface area contributed by atoms with E-state index in [0.29, 0.717) is 19.9 Å². The Balaban J connectivity index is 2.21. The zero-order valence-corrected chi connectivity index (χ0v) is 11.2. The largest absolute Gasteiger partial charge is 0.399 e. The smallest absolute Gasteiger partial charge is 0.223 e. The lowest BCUT2D eigenvalue weighted by Crippen LogP contribution is -2.04. The molecule has 2 rings (SSSR count). The predicted octanol–water partition coefficient (Wildman–Crippen LogP) is 1.85. The number of nitrogens with one attached hydrogen (secondary N) is 1. The number of carbonyl (C=O) groups is 1. The molecule has 1 aromatic carbocycles. The third-order valence-electron chi connectivity index (χ3n) is 2.04. The van der Waals surface area contributed by atoms with E-state index in [1.165, 1.54) is 24.5 Å². The van der Waals surface area contributed by atoms with Gasteiger partial charge in [0.15, 0.2) is 5.13 Å². The fraction of sp³-hybridized carbons (Fsp3) is 0.0909. The number of carbonyl (C=O) groups excluding carboxylic acids is 1. The fourth-order valence-electron chi connectivity index (χ4n) is 1.26. The Morgan fingerprint density at radius 3 is 2.67 bits per heavy atom. The molecule has 2 aromatic rings. The molecule has 0 aliphatic heterocycles. The summed E-state index contributed by atoms with van der Waals surface area (Å²) in [5.74, 6) is -0.200. The van der Waals surface area contributed by atoms with Gasteiger partial charge in [-0.3, -0.25) is 4.79 Å². The molecule has 7 heteroatoms. The van der Waals surface area contributed by atoms with Crippen LogP contribution in [-0.4, -0.2) is 15.1 Å². The first-order valence-corrected chi connectivity index (χ1v) is 7.03. The molecule has 1 heterocycles. The first-order valence-electron chi connectivity index (χ1n) is 5.07. The van der Waals surface area contributed by atoms with Crippen LogP contribution >= 0.6 is 11.3 Å². The van der Waals surface area contributed by atoms with Gasteiger partial charge in [0.25, 0.3) is 0 Å². The average Bonchev–Trinajstić information content (AvgIpc) is 2.76. The molecule has 1 aromatic heterocycles. The van der Waals surface area contributed by atoms with Gasteiger partial charge in [-0.2, -0.15) is 0 Å². The van der Waals surface area contributed by atoms with Crippen molar-refractivity contribution in [3.05, 3.63) is 30.5 Å². The Morgan fingerprint density at radius 1 is 1.39 bits per heavy atom. The number of amides is 1. The SMILES string of the molecule is CC(=O)Nc1ncc(S(=O)c2ccc(N)cc2)s1. The van der Waals surface area contributed by atoms with Crippen molar-refractivity contribution in [3.8, 4) is 0 Å². The molecular formula is C11H11N3O2S2. The second-order valence-corrected chi connectivity index (χ2v) is 6.24. The highest BCUT2D eigenvalue weighted by Crippen LogP contribution is 2.25. The molecule has 0 bridgehead atoms. The van der Waals surface area contributed by atoms with E-state index in [4.69, 9.17) is 5.73 Å². The normalized spacial score (nSPS) is 12.1. The summed E-state index contributed by atoms with van der Waals surface area (Å²) in [5.41, 5.74) is 6.19. The molecular weight excluding hydrogens is 270 g/mol. The van der Waals surface area contributed by atoms with E-state index in [9.17, 15) is 9.00 Å². The van der Waals surface area contributed by atoms with E-state index < -0.39 is 10.8 Å². The first-order chi connectivity index (χ1) is 8.56. The van der Waals surface area contributed by atoms with Crippen LogP contribution in [-0.2, 0) is 15.6 Å². The van der Waals surface area contributed by atoms with E-state index in [-0.39, 0.29) is 5.91 Å². The van der Waals surface area contributed by atoms with Crippen molar-refractivity contribution in [2.75, 3.05) is 11.1 Å². The van der Waals surface area contributed by atoms with Crippen LogP contribution in [0.15, 0.2) is 39.6 Å². The summed E-state index contributed by atoms with van der Waals surface area (Å²) >= 11 is 1.19. The Labute approximate surface area is 111 Å². The van der Waals surface area contributed by atoms with Gasteiger partial charge in [0.1, 0.15) is 4.21 Å². The number of rotatable bonds is 3. The van der Waals surface area contributed by atoms with Crippen LogP contribution < -0.4 is 11.1 Å². The third kappa shape index (κ3) is 2.93. The minimum Gasteiger partial charge on any atom is -0.399 e. The monoisotopic (exact) mass is 281 g/mol. The standard InChI is InChI=1S/C11H11N3O2S2/c1-7(15)14-11-13-6-10(17-11)18(16)9-4-2-8(12)3-5-9/h2-6H,12H2,1H3,(H,13,14,15). The summed E-state index contributed by atoms with van der Waals surface area (Å²) in [6, 6.07) is 6.82. The quantitative estimate of drug-likeness (QED) is 0.841. The number of aromatic nitrogens is 1. The van der Waals surface area contributed by atoms with Crippen molar-refractivity contribution in [2.45, 2.75) is 16.0 Å². The number of nitrogens with zero attached hydrogens (tertiary/aromatic N) is 1. The van der Waals surface area contributed by atoms with Gasteiger partial charge in [0.2, 0.25) is 5.91 Å². The molecule has 0 saturated heterocycles. The Bertz CT molecular complexity index is 593. The lowest BCUT2D eigenvalue weighted by molar-refractivity contribution is -0.114. The molecule has 0 radical (unpaired) electrons. The molecule has 5 nitrogen and oxygen atoms in total. The molecule has 0 saturated carbocycles. The molecule has 18 heavy (non-hydrogen) atoms. The van der Waals surface area contributed by atoms with Crippen molar-refractivity contribution in [3.63, 3.8) is 0 Å². The van der Waals surface area contributed by atoms with Crippen LogP contribution in [0.2, 0.25) is 0 Å². The summed E-state index contributed by atoms with van der Waals surface area (Å²) in [6.45, 7) is 1.40. The molecule has 3 N–H and O–H groups in total. The van der Waals surface area contributed by atoms with Crippen LogP contribution in [0.4, 0.5) is 10.8 Å². The van der Waals surface area contributed by atoms with Gasteiger partial charge in [-0.05, 0) is 24.3 Å². The molecule has 1 atom stereocenters. The Hall–Kier alpha value is -1.73. The molecule has 1 amide bonds. The van der Waals surface area contributed by atoms with Gasteiger partial charge in [0, 0.05) is 17.5 Å². The van der Waals surface area contributed by atoms with Gasteiger partial charge in [0.05, 0.1) is 17.0 Å². The van der Waals surface area contributed by atoms with Gasteiger partial charge in [-0.25, -0.2) is 9.19 Å². The second-order valence-electron chi connectivity index (χ2n) is 3.50. The maximum Gasteiger partial charge on any atom is 0.223 e. The summed E-state index contributed by atoms with van der Waals surface area (Å²) in [4.78, 5) is 15.5. The van der Waals surface area contributed by atoms with E-state index in [0.717, 1.165) is 0 Å². The Kier molecular flexibility index (Phi) is 3.73. The molecule has 0 aliphatic carbocycles. The van der Waals surface area contributed by atoms with Crippen LogP contribution in [0, 0.1) is 0 Å². The minimum atomic E-state index is -1.30. The van der Waals surface area contributed by atoms with Crippen LogP contribution in [0.3, 0.4) is 0 Å². The maximum atomic E-state index is 12.2. The molecule has 1 unspecified atom stereocenters. The number of anilines is 2. The van der Waals surface area contributed by atoms with Gasteiger partial charge in [-0.15, -0.1) is 0 Å². The molecule has 0 fully saturated rings. The van der Waals surface area contributed by atoms with E-state index in [1.54, 1.807) is 24.3 Å². The fourth-order valence-corrected chi connectivity index (χ4v) is 3.45. The molecule has 0 spiro atoms. The lowest BCUT2D eigenvalue weighted by atomic mass is 10.3. The van der Waals surface area contributed by atoms with Gasteiger partial charge >= 0.3 is 0 Å². The molecule has 0 aliphatic rings. The van der Waals surface area contributed by atoms with Gasteiger partial charge in [-0.1, -0.05) is 11.3 Å². The van der Waals surface area contributed by atoms with E-state index in [2.05, 4.69) is 10.3 Å². The average molecular weight is 281 g/mol. The first kappa shape index (κ1) is 12.7.